The lowest BCUT2D eigenvalue weighted by Crippen LogP contribution is -2.10. The van der Waals surface area contributed by atoms with Crippen molar-refractivity contribution in [3.8, 4) is 22.3 Å². The Morgan fingerprint density at radius 3 is 0.831 bits per heavy atom. The number of aryl methyl sites for hydroxylation is 2. The minimum absolute atomic E-state index is 0.385. The van der Waals surface area contributed by atoms with Crippen LogP contribution in [0.25, 0.3) is 22.3 Å². The summed E-state index contributed by atoms with van der Waals surface area (Å²) in [5.41, 5.74) is 19.7. The van der Waals surface area contributed by atoms with Gasteiger partial charge in [-0.1, -0.05) is 174 Å². The van der Waals surface area contributed by atoms with Crippen molar-refractivity contribution in [2.75, 3.05) is 9.80 Å². The molecule has 0 aromatic heterocycles. The summed E-state index contributed by atoms with van der Waals surface area (Å²) in [6.07, 6.45) is 3.37. The summed E-state index contributed by atoms with van der Waals surface area (Å²) in [4.78, 5) is 4.73. The van der Waals surface area contributed by atoms with E-state index in [9.17, 15) is 0 Å². The van der Waals surface area contributed by atoms with Crippen LogP contribution in [0.1, 0.15) is 112 Å². The molecule has 0 N–H and O–H groups in total. The normalized spacial score (nSPS) is 12.8. The van der Waals surface area contributed by atoms with Crippen LogP contribution in [0.3, 0.4) is 0 Å². The number of hydrogen-bond acceptors (Lipinski definition) is 2. The summed E-state index contributed by atoms with van der Waals surface area (Å²) in [5, 5.41) is 0. The van der Waals surface area contributed by atoms with Crippen LogP contribution in [0.4, 0.5) is 34.1 Å². The molecule has 0 radical (unpaired) electrons. The van der Waals surface area contributed by atoms with Crippen LogP contribution in [0.5, 0.6) is 0 Å². The smallest absolute Gasteiger partial charge is 0.0462 e. The molecule has 65 heavy (non-hydrogen) atoms. The Balaban J connectivity index is 1.07. The van der Waals surface area contributed by atoms with Crippen molar-refractivity contribution in [1.29, 1.82) is 0 Å². The van der Waals surface area contributed by atoms with Crippen molar-refractivity contribution in [2.24, 2.45) is 5.92 Å². The maximum absolute atomic E-state index is 2.38. The van der Waals surface area contributed by atoms with Gasteiger partial charge in [0.05, 0.1) is 0 Å². The molecule has 0 fully saturated rings. The van der Waals surface area contributed by atoms with Gasteiger partial charge in [0.1, 0.15) is 0 Å². The Morgan fingerprint density at radius 2 is 0.538 bits per heavy atom. The Hall–Kier alpha value is -6.64. The first-order chi connectivity index (χ1) is 31.6. The molecule has 8 aromatic rings. The molecular formula is C63H66N2. The fourth-order valence-electron chi connectivity index (χ4n) is 9.02. The van der Waals surface area contributed by atoms with Gasteiger partial charge in [-0.05, 0) is 168 Å². The molecule has 8 aromatic carbocycles. The monoisotopic (exact) mass is 851 g/mol. The van der Waals surface area contributed by atoms with E-state index in [0.29, 0.717) is 23.7 Å². The second kappa shape index (κ2) is 20.5. The SMILES string of the molecule is CCC(C)c1ccc(N(c2ccc(C)cc2)c2ccc(-c3ccc(N(c4ccc(-c5ccc(C(CC(C)C)c6ccc(C)cc6)cc5)cc4)c4ccc(C(C)CC)cc4)cc3)cc2)cc1. The third-order valence-corrected chi connectivity index (χ3v) is 13.5. The number of rotatable bonds is 16. The standard InChI is InChI=1S/C63H66N2/c1-9-47(7)49-21-33-58(34-22-49)64(57-31-13-46(6)14-32-57)60-39-27-53(28-40-60)54-29-41-62(42-30-54)65(59-35-23-50(24-36-59)48(8)10-2)61-37-25-52(26-38-61)51-17-19-56(20-18-51)63(43-44(3)4)55-15-11-45(5)12-16-55/h11-42,44,47-48,63H,9-10,43H2,1-8H3. The van der Waals surface area contributed by atoms with Crippen molar-refractivity contribution in [3.05, 3.63) is 228 Å². The Bertz CT molecular complexity index is 2710. The van der Waals surface area contributed by atoms with Crippen molar-refractivity contribution in [3.63, 3.8) is 0 Å². The minimum Gasteiger partial charge on any atom is -0.311 e. The molecule has 0 bridgehead atoms. The molecule has 0 heterocycles. The molecule has 0 saturated heterocycles. The summed E-state index contributed by atoms with van der Waals surface area (Å²) in [5.74, 6) is 2.05. The van der Waals surface area contributed by atoms with E-state index in [1.54, 1.807) is 0 Å². The van der Waals surface area contributed by atoms with Crippen molar-refractivity contribution in [1.82, 2.24) is 0 Å². The summed E-state index contributed by atoms with van der Waals surface area (Å²) in [6, 6.07) is 72.5. The van der Waals surface area contributed by atoms with E-state index < -0.39 is 0 Å². The number of hydrogen-bond donors (Lipinski definition) is 0. The van der Waals surface area contributed by atoms with Gasteiger partial charge in [0.25, 0.3) is 0 Å². The zero-order chi connectivity index (χ0) is 45.5. The van der Waals surface area contributed by atoms with Gasteiger partial charge in [-0.2, -0.15) is 0 Å². The van der Waals surface area contributed by atoms with Crippen LogP contribution < -0.4 is 9.80 Å². The van der Waals surface area contributed by atoms with E-state index in [4.69, 9.17) is 0 Å². The molecule has 328 valence electrons. The maximum Gasteiger partial charge on any atom is 0.0462 e. The lowest BCUT2D eigenvalue weighted by atomic mass is 9.84. The molecule has 2 nitrogen and oxygen atoms in total. The molecule has 3 atom stereocenters. The maximum atomic E-state index is 2.38. The van der Waals surface area contributed by atoms with Crippen molar-refractivity contribution >= 4 is 34.1 Å². The molecule has 0 spiro atoms. The van der Waals surface area contributed by atoms with Gasteiger partial charge in [0.2, 0.25) is 0 Å². The predicted octanol–water partition coefficient (Wildman–Crippen LogP) is 18.8. The van der Waals surface area contributed by atoms with Gasteiger partial charge in [-0.15, -0.1) is 0 Å². The highest BCUT2D eigenvalue weighted by atomic mass is 15.1. The lowest BCUT2D eigenvalue weighted by Gasteiger charge is -2.27. The molecule has 0 saturated carbocycles. The largest absolute Gasteiger partial charge is 0.311 e. The second-order valence-corrected chi connectivity index (χ2v) is 18.7. The fraction of sp³-hybridized carbons (Fsp3) is 0.238. The van der Waals surface area contributed by atoms with Gasteiger partial charge in [-0.3, -0.25) is 0 Å². The number of benzene rings is 8. The third-order valence-electron chi connectivity index (χ3n) is 13.5. The van der Waals surface area contributed by atoms with E-state index in [1.165, 1.54) is 55.6 Å². The first-order valence-electron chi connectivity index (χ1n) is 23.9. The minimum atomic E-state index is 0.385. The van der Waals surface area contributed by atoms with Gasteiger partial charge >= 0.3 is 0 Å². The second-order valence-electron chi connectivity index (χ2n) is 18.7. The molecule has 8 rings (SSSR count). The van der Waals surface area contributed by atoms with E-state index in [-0.39, 0.29) is 0 Å². The molecule has 3 unspecified atom stereocenters. The molecule has 0 aliphatic carbocycles. The average molecular weight is 851 g/mol. The Morgan fingerprint density at radius 1 is 0.308 bits per heavy atom. The molecule has 0 aliphatic rings. The summed E-state index contributed by atoms with van der Waals surface area (Å²) in [6.45, 7) is 18.1. The topological polar surface area (TPSA) is 6.48 Å². The third kappa shape index (κ3) is 10.5. The first kappa shape index (κ1) is 44.9. The van der Waals surface area contributed by atoms with E-state index in [1.807, 2.05) is 0 Å². The molecule has 0 aliphatic heterocycles. The van der Waals surface area contributed by atoms with E-state index in [0.717, 1.165) is 53.4 Å². The number of nitrogens with zero attached hydrogens (tertiary/aromatic N) is 2. The molecule has 2 heteroatoms. The first-order valence-corrected chi connectivity index (χ1v) is 23.9. The molecular weight excluding hydrogens is 785 g/mol. The Labute approximate surface area is 390 Å². The van der Waals surface area contributed by atoms with Gasteiger partial charge in [-0.25, -0.2) is 0 Å². The highest BCUT2D eigenvalue weighted by Crippen LogP contribution is 2.40. The number of anilines is 6. The van der Waals surface area contributed by atoms with Crippen LogP contribution in [0, 0.1) is 19.8 Å². The van der Waals surface area contributed by atoms with Gasteiger partial charge < -0.3 is 9.80 Å². The average Bonchev–Trinajstić information content (AvgIpc) is 3.35. The van der Waals surface area contributed by atoms with E-state index in [2.05, 4.69) is 259 Å². The Kier molecular flexibility index (Phi) is 14.2. The summed E-state index contributed by atoms with van der Waals surface area (Å²) >= 11 is 0. The van der Waals surface area contributed by atoms with Crippen LogP contribution in [0.15, 0.2) is 194 Å². The highest BCUT2D eigenvalue weighted by molar-refractivity contribution is 5.82. The molecule has 0 amide bonds. The van der Waals surface area contributed by atoms with Crippen LogP contribution in [-0.2, 0) is 0 Å². The zero-order valence-electron chi connectivity index (χ0n) is 39.8. The highest BCUT2D eigenvalue weighted by Gasteiger charge is 2.19. The summed E-state index contributed by atoms with van der Waals surface area (Å²) < 4.78 is 0. The quantitative estimate of drug-likeness (QED) is 0.0956. The van der Waals surface area contributed by atoms with Crippen molar-refractivity contribution in [2.45, 2.75) is 92.4 Å². The summed E-state index contributed by atoms with van der Waals surface area (Å²) in [7, 11) is 0. The lowest BCUT2D eigenvalue weighted by molar-refractivity contribution is 0.541. The van der Waals surface area contributed by atoms with Crippen LogP contribution in [0.2, 0.25) is 0 Å². The van der Waals surface area contributed by atoms with E-state index >= 15 is 0 Å². The predicted molar refractivity (Wildman–Crippen MR) is 281 cm³/mol. The van der Waals surface area contributed by atoms with Crippen molar-refractivity contribution < 1.29 is 0 Å². The fourth-order valence-corrected chi connectivity index (χ4v) is 9.02. The van der Waals surface area contributed by atoms with Gasteiger partial charge in [0.15, 0.2) is 0 Å². The van der Waals surface area contributed by atoms with Crippen LogP contribution >= 0.6 is 0 Å². The van der Waals surface area contributed by atoms with Gasteiger partial charge in [0, 0.05) is 40.0 Å². The van der Waals surface area contributed by atoms with Crippen LogP contribution in [-0.4, -0.2) is 0 Å². The zero-order valence-corrected chi connectivity index (χ0v) is 39.8.